The van der Waals surface area contributed by atoms with Crippen LogP contribution in [0.4, 0.5) is 11.5 Å². The molecule has 0 saturated carbocycles. The number of pyridine rings is 1. The zero-order chi connectivity index (χ0) is 18.4. The second-order valence-corrected chi connectivity index (χ2v) is 5.95. The maximum absolute atomic E-state index is 12.5. The Morgan fingerprint density at radius 2 is 1.92 bits per heavy atom. The van der Waals surface area contributed by atoms with Crippen molar-refractivity contribution in [2.75, 3.05) is 17.7 Å². The van der Waals surface area contributed by atoms with E-state index in [0.717, 1.165) is 12.0 Å². The minimum atomic E-state index is -0.283. The summed E-state index contributed by atoms with van der Waals surface area (Å²) in [7, 11) is 0. The van der Waals surface area contributed by atoms with Gasteiger partial charge in [0, 0.05) is 24.4 Å². The van der Waals surface area contributed by atoms with Gasteiger partial charge in [-0.15, -0.1) is 0 Å². The van der Waals surface area contributed by atoms with E-state index in [4.69, 9.17) is 10.5 Å². The van der Waals surface area contributed by atoms with E-state index in [9.17, 15) is 4.79 Å². The van der Waals surface area contributed by atoms with Gasteiger partial charge in [0.2, 0.25) is 0 Å². The van der Waals surface area contributed by atoms with E-state index in [1.54, 1.807) is 18.3 Å². The van der Waals surface area contributed by atoms with Gasteiger partial charge in [-0.25, -0.2) is 4.98 Å². The average Bonchev–Trinajstić information content (AvgIpc) is 2.63. The average molecular weight is 347 g/mol. The second kappa shape index (κ2) is 8.16. The van der Waals surface area contributed by atoms with Crippen molar-refractivity contribution >= 4 is 17.4 Å². The van der Waals surface area contributed by atoms with Crippen LogP contribution in [0.25, 0.3) is 0 Å². The Labute approximate surface area is 152 Å². The van der Waals surface area contributed by atoms with E-state index in [-0.39, 0.29) is 11.7 Å². The van der Waals surface area contributed by atoms with Crippen LogP contribution in [0.5, 0.6) is 5.75 Å². The van der Waals surface area contributed by atoms with Crippen LogP contribution in [-0.4, -0.2) is 17.5 Å². The molecule has 0 radical (unpaired) electrons. The lowest BCUT2D eigenvalue weighted by atomic mass is 10.1. The highest BCUT2D eigenvalue weighted by atomic mass is 16.5. The zero-order valence-corrected chi connectivity index (χ0v) is 14.6. The van der Waals surface area contributed by atoms with Crippen molar-refractivity contribution < 1.29 is 9.53 Å². The van der Waals surface area contributed by atoms with Crippen LogP contribution in [0.3, 0.4) is 0 Å². The van der Waals surface area contributed by atoms with Crippen LogP contribution in [0.15, 0.2) is 66.9 Å². The van der Waals surface area contributed by atoms with E-state index in [2.05, 4.69) is 22.4 Å². The molecule has 1 heterocycles. The molecule has 0 aliphatic heterocycles. The monoisotopic (exact) mass is 347 g/mol. The number of amides is 1. The number of aryl methyl sites for hydroxylation is 1. The van der Waals surface area contributed by atoms with Crippen molar-refractivity contribution in [1.82, 2.24) is 4.98 Å². The van der Waals surface area contributed by atoms with Gasteiger partial charge < -0.3 is 15.8 Å². The summed E-state index contributed by atoms with van der Waals surface area (Å²) in [6.45, 7) is 2.39. The third-order valence-electron chi connectivity index (χ3n) is 4.01. The lowest BCUT2D eigenvalue weighted by Gasteiger charge is -2.11. The summed E-state index contributed by atoms with van der Waals surface area (Å²) in [5.74, 6) is 0.641. The van der Waals surface area contributed by atoms with Crippen LogP contribution in [-0.2, 0) is 6.42 Å². The van der Waals surface area contributed by atoms with Gasteiger partial charge in [0.25, 0.3) is 5.91 Å². The molecular weight excluding hydrogens is 326 g/mol. The highest BCUT2D eigenvalue weighted by Crippen LogP contribution is 2.20. The van der Waals surface area contributed by atoms with Crippen molar-refractivity contribution in [1.29, 1.82) is 0 Å². The fraction of sp³-hybridized carbons (Fsp3) is 0.143. The molecule has 5 nitrogen and oxygen atoms in total. The number of nitrogens with one attached hydrogen (secondary N) is 1. The fourth-order valence-corrected chi connectivity index (χ4v) is 2.66. The first-order valence-corrected chi connectivity index (χ1v) is 8.43. The van der Waals surface area contributed by atoms with Crippen LogP contribution in [0, 0.1) is 6.92 Å². The number of carbonyl (C=O) groups is 1. The largest absolute Gasteiger partial charge is 0.493 e. The predicted molar refractivity (Wildman–Crippen MR) is 103 cm³/mol. The molecular formula is C21H21N3O2. The fourth-order valence-electron chi connectivity index (χ4n) is 2.66. The minimum Gasteiger partial charge on any atom is -0.493 e. The molecule has 2 aromatic carbocycles. The molecule has 0 fully saturated rings. The Hall–Kier alpha value is -3.34. The molecule has 1 amide bonds. The third kappa shape index (κ3) is 4.39. The molecule has 26 heavy (non-hydrogen) atoms. The van der Waals surface area contributed by atoms with Crippen molar-refractivity contribution in [3.8, 4) is 5.75 Å². The summed E-state index contributed by atoms with van der Waals surface area (Å²) in [6, 6.07) is 19.2. The number of anilines is 2. The van der Waals surface area contributed by atoms with Gasteiger partial charge in [0.1, 0.15) is 11.6 Å². The summed E-state index contributed by atoms with van der Waals surface area (Å²) in [6.07, 6.45) is 2.41. The first kappa shape index (κ1) is 17.5. The predicted octanol–water partition coefficient (Wildman–Crippen LogP) is 3.85. The summed E-state index contributed by atoms with van der Waals surface area (Å²) in [5.41, 5.74) is 8.87. The topological polar surface area (TPSA) is 77.2 Å². The van der Waals surface area contributed by atoms with Crippen molar-refractivity contribution in [2.24, 2.45) is 0 Å². The number of aromatic nitrogens is 1. The molecule has 0 unspecified atom stereocenters. The molecule has 3 N–H and O–H groups in total. The number of carbonyl (C=O) groups excluding carboxylic acids is 1. The maximum atomic E-state index is 12.5. The van der Waals surface area contributed by atoms with Gasteiger partial charge in [0.05, 0.1) is 12.2 Å². The molecule has 3 aromatic rings. The third-order valence-corrected chi connectivity index (χ3v) is 4.01. The lowest BCUT2D eigenvalue weighted by molar-refractivity contribution is 0.102. The summed E-state index contributed by atoms with van der Waals surface area (Å²) in [4.78, 5) is 16.5. The number of nitrogens with zero attached hydrogens (tertiary/aromatic N) is 1. The number of nitrogen functional groups attached to an aromatic ring is 1. The van der Waals surface area contributed by atoms with Gasteiger partial charge in [-0.3, -0.25) is 4.79 Å². The van der Waals surface area contributed by atoms with Gasteiger partial charge in [-0.2, -0.15) is 0 Å². The number of nitrogens with two attached hydrogens (primary N) is 1. The molecule has 5 heteroatoms. The maximum Gasteiger partial charge on any atom is 0.259 e. The van der Waals surface area contributed by atoms with Crippen molar-refractivity contribution in [2.45, 2.75) is 13.3 Å². The highest BCUT2D eigenvalue weighted by Gasteiger charge is 2.14. The Kier molecular flexibility index (Phi) is 5.49. The number of rotatable bonds is 6. The van der Waals surface area contributed by atoms with Crippen molar-refractivity contribution in [3.05, 3.63) is 83.6 Å². The van der Waals surface area contributed by atoms with E-state index in [1.807, 2.05) is 43.3 Å². The molecule has 3 rings (SSSR count). The Morgan fingerprint density at radius 1 is 1.12 bits per heavy atom. The van der Waals surface area contributed by atoms with Gasteiger partial charge in [-0.1, -0.05) is 36.4 Å². The highest BCUT2D eigenvalue weighted by molar-refractivity contribution is 6.08. The molecule has 1 aromatic heterocycles. The SMILES string of the molecule is Cc1ccnc(N)c1C(=O)Nc1cccc(OCCc2ccccc2)c1. The Balaban J connectivity index is 1.63. The quantitative estimate of drug-likeness (QED) is 0.710. The first-order valence-electron chi connectivity index (χ1n) is 8.43. The van der Waals surface area contributed by atoms with Crippen molar-refractivity contribution in [3.63, 3.8) is 0 Å². The van der Waals surface area contributed by atoms with Gasteiger partial charge >= 0.3 is 0 Å². The van der Waals surface area contributed by atoms with E-state index >= 15 is 0 Å². The Bertz CT molecular complexity index is 875. The van der Waals surface area contributed by atoms with E-state index in [0.29, 0.717) is 23.6 Å². The standard InChI is InChI=1S/C21H21N3O2/c1-15-10-12-23-20(22)19(15)21(25)24-17-8-5-9-18(14-17)26-13-11-16-6-3-2-4-7-16/h2-10,12,14H,11,13H2,1H3,(H2,22,23)(H,24,25). The number of ether oxygens (including phenoxy) is 1. The van der Waals surface area contributed by atoms with Gasteiger partial charge in [-0.05, 0) is 36.2 Å². The molecule has 0 aliphatic carbocycles. The summed E-state index contributed by atoms with van der Waals surface area (Å²) < 4.78 is 5.80. The first-order chi connectivity index (χ1) is 12.6. The van der Waals surface area contributed by atoms with Crippen LogP contribution in [0.2, 0.25) is 0 Å². The zero-order valence-electron chi connectivity index (χ0n) is 14.6. The normalized spacial score (nSPS) is 10.3. The second-order valence-electron chi connectivity index (χ2n) is 5.95. The van der Waals surface area contributed by atoms with E-state index < -0.39 is 0 Å². The summed E-state index contributed by atoms with van der Waals surface area (Å²) in [5, 5.41) is 2.85. The molecule has 0 spiro atoms. The smallest absolute Gasteiger partial charge is 0.259 e. The lowest BCUT2D eigenvalue weighted by Crippen LogP contribution is -2.16. The molecule has 132 valence electrons. The molecule has 0 aliphatic rings. The number of hydrogen-bond donors (Lipinski definition) is 2. The molecule has 0 saturated heterocycles. The summed E-state index contributed by atoms with van der Waals surface area (Å²) >= 11 is 0. The van der Waals surface area contributed by atoms with Crippen LogP contribution < -0.4 is 15.8 Å². The van der Waals surface area contributed by atoms with Crippen LogP contribution >= 0.6 is 0 Å². The molecule has 0 bridgehead atoms. The minimum absolute atomic E-state index is 0.220. The Morgan fingerprint density at radius 3 is 2.69 bits per heavy atom. The number of hydrogen-bond acceptors (Lipinski definition) is 4. The molecule has 0 atom stereocenters. The van der Waals surface area contributed by atoms with Gasteiger partial charge in [0.15, 0.2) is 0 Å². The van der Waals surface area contributed by atoms with Crippen LogP contribution in [0.1, 0.15) is 21.5 Å². The van der Waals surface area contributed by atoms with E-state index in [1.165, 1.54) is 5.56 Å². The number of benzene rings is 2.